The fraction of sp³-hybridized carbons (Fsp3) is 0.130. The van der Waals surface area contributed by atoms with E-state index in [0.29, 0.717) is 18.7 Å². The van der Waals surface area contributed by atoms with E-state index in [1.54, 1.807) is 18.2 Å². The SMILES string of the molecule is O=C(CNc1cccc(C(=O)NCc2ccccc2)c1)NCc1ccccc1. The van der Waals surface area contributed by atoms with Crippen molar-refractivity contribution in [3.63, 3.8) is 0 Å². The first-order valence-electron chi connectivity index (χ1n) is 9.17. The Hall–Kier alpha value is -3.60. The average Bonchev–Trinajstić information content (AvgIpc) is 2.76. The van der Waals surface area contributed by atoms with Gasteiger partial charge < -0.3 is 16.0 Å². The molecule has 0 atom stereocenters. The lowest BCUT2D eigenvalue weighted by Crippen LogP contribution is -2.29. The topological polar surface area (TPSA) is 70.2 Å². The highest BCUT2D eigenvalue weighted by Gasteiger charge is 2.07. The summed E-state index contributed by atoms with van der Waals surface area (Å²) in [6.07, 6.45) is 0. The molecule has 28 heavy (non-hydrogen) atoms. The number of amides is 2. The van der Waals surface area contributed by atoms with Crippen LogP contribution in [0.2, 0.25) is 0 Å². The van der Waals surface area contributed by atoms with Crippen LogP contribution in [0.5, 0.6) is 0 Å². The molecule has 5 nitrogen and oxygen atoms in total. The van der Waals surface area contributed by atoms with Crippen molar-refractivity contribution >= 4 is 17.5 Å². The zero-order valence-electron chi connectivity index (χ0n) is 15.5. The molecule has 0 aliphatic heterocycles. The third-order valence-corrected chi connectivity index (χ3v) is 4.21. The predicted molar refractivity (Wildman–Crippen MR) is 111 cm³/mol. The second-order valence-corrected chi connectivity index (χ2v) is 6.36. The third-order valence-electron chi connectivity index (χ3n) is 4.21. The van der Waals surface area contributed by atoms with E-state index in [1.807, 2.05) is 66.7 Å². The van der Waals surface area contributed by atoms with Gasteiger partial charge in [0.05, 0.1) is 6.54 Å². The molecule has 0 aliphatic rings. The number of hydrogen-bond donors (Lipinski definition) is 3. The van der Waals surface area contributed by atoms with Gasteiger partial charge in [-0.3, -0.25) is 9.59 Å². The van der Waals surface area contributed by atoms with E-state index in [2.05, 4.69) is 16.0 Å². The highest BCUT2D eigenvalue weighted by Crippen LogP contribution is 2.11. The summed E-state index contributed by atoms with van der Waals surface area (Å²) >= 11 is 0. The summed E-state index contributed by atoms with van der Waals surface area (Å²) in [5.41, 5.74) is 3.36. The van der Waals surface area contributed by atoms with E-state index in [9.17, 15) is 9.59 Å². The Kier molecular flexibility index (Phi) is 6.79. The summed E-state index contributed by atoms with van der Waals surface area (Å²) in [7, 11) is 0. The van der Waals surface area contributed by atoms with Crippen LogP contribution >= 0.6 is 0 Å². The minimum atomic E-state index is -0.152. The first kappa shape index (κ1) is 19.2. The van der Waals surface area contributed by atoms with Crippen LogP contribution in [0.25, 0.3) is 0 Å². The van der Waals surface area contributed by atoms with Gasteiger partial charge in [0.2, 0.25) is 5.91 Å². The summed E-state index contributed by atoms with van der Waals surface area (Å²) in [4.78, 5) is 24.4. The Balaban J connectivity index is 1.47. The first-order valence-corrected chi connectivity index (χ1v) is 9.17. The molecule has 3 N–H and O–H groups in total. The lowest BCUT2D eigenvalue weighted by molar-refractivity contribution is -0.119. The summed E-state index contributed by atoms with van der Waals surface area (Å²) in [6, 6.07) is 26.6. The number of hydrogen-bond acceptors (Lipinski definition) is 3. The van der Waals surface area contributed by atoms with Gasteiger partial charge in [-0.1, -0.05) is 66.7 Å². The van der Waals surface area contributed by atoms with Crippen molar-refractivity contribution in [1.29, 1.82) is 0 Å². The highest BCUT2D eigenvalue weighted by atomic mass is 16.2. The molecule has 2 amide bonds. The maximum Gasteiger partial charge on any atom is 0.251 e. The second kappa shape index (κ2) is 9.92. The smallest absolute Gasteiger partial charge is 0.251 e. The molecule has 3 aromatic carbocycles. The third kappa shape index (κ3) is 5.99. The van der Waals surface area contributed by atoms with Gasteiger partial charge in [-0.05, 0) is 29.3 Å². The number of nitrogens with one attached hydrogen (secondary N) is 3. The molecule has 5 heteroatoms. The van der Waals surface area contributed by atoms with Gasteiger partial charge in [0.1, 0.15) is 0 Å². The Morgan fingerprint density at radius 2 is 1.29 bits per heavy atom. The van der Waals surface area contributed by atoms with Crippen LogP contribution in [-0.2, 0) is 17.9 Å². The second-order valence-electron chi connectivity index (χ2n) is 6.36. The van der Waals surface area contributed by atoms with Crippen LogP contribution in [0, 0.1) is 0 Å². The zero-order valence-corrected chi connectivity index (χ0v) is 15.5. The maximum absolute atomic E-state index is 12.3. The fourth-order valence-electron chi connectivity index (χ4n) is 2.69. The number of anilines is 1. The van der Waals surface area contributed by atoms with Gasteiger partial charge in [-0.15, -0.1) is 0 Å². The van der Waals surface area contributed by atoms with E-state index in [1.165, 1.54) is 0 Å². The van der Waals surface area contributed by atoms with Crippen molar-refractivity contribution in [1.82, 2.24) is 10.6 Å². The predicted octanol–water partition coefficient (Wildman–Crippen LogP) is 3.34. The minimum absolute atomic E-state index is 0.109. The lowest BCUT2D eigenvalue weighted by atomic mass is 10.1. The van der Waals surface area contributed by atoms with E-state index in [-0.39, 0.29) is 18.4 Å². The molecule has 0 spiro atoms. The first-order chi connectivity index (χ1) is 13.7. The van der Waals surface area contributed by atoms with Crippen LogP contribution in [0.15, 0.2) is 84.9 Å². The normalized spacial score (nSPS) is 10.1. The number of carbonyl (C=O) groups excluding carboxylic acids is 2. The molecule has 0 bridgehead atoms. The largest absolute Gasteiger partial charge is 0.376 e. The zero-order chi connectivity index (χ0) is 19.6. The number of benzene rings is 3. The van der Waals surface area contributed by atoms with Gasteiger partial charge in [0.15, 0.2) is 0 Å². The molecule has 3 rings (SSSR count). The molecular formula is C23H23N3O2. The van der Waals surface area contributed by atoms with Crippen LogP contribution in [0.4, 0.5) is 5.69 Å². The Labute approximate surface area is 164 Å². The number of rotatable bonds is 8. The Morgan fingerprint density at radius 3 is 1.93 bits per heavy atom. The standard InChI is InChI=1S/C23H23N3O2/c27-22(25-15-18-8-3-1-4-9-18)17-24-21-13-7-12-20(14-21)23(28)26-16-19-10-5-2-6-11-19/h1-14,24H,15-17H2,(H,25,27)(H,26,28). The van der Waals surface area contributed by atoms with Gasteiger partial charge >= 0.3 is 0 Å². The molecule has 0 saturated carbocycles. The van der Waals surface area contributed by atoms with Crippen molar-refractivity contribution in [3.8, 4) is 0 Å². The average molecular weight is 373 g/mol. The van der Waals surface area contributed by atoms with Gasteiger partial charge in [0.25, 0.3) is 5.91 Å². The van der Waals surface area contributed by atoms with Crippen LogP contribution in [0.1, 0.15) is 21.5 Å². The van der Waals surface area contributed by atoms with Crippen molar-refractivity contribution in [3.05, 3.63) is 102 Å². The summed E-state index contributed by atoms with van der Waals surface area (Å²) in [5.74, 6) is -0.260. The van der Waals surface area contributed by atoms with Gasteiger partial charge in [0, 0.05) is 24.3 Å². The highest BCUT2D eigenvalue weighted by molar-refractivity contribution is 5.95. The molecule has 0 aromatic heterocycles. The van der Waals surface area contributed by atoms with Crippen LogP contribution in [0.3, 0.4) is 0 Å². The van der Waals surface area contributed by atoms with E-state index in [4.69, 9.17) is 0 Å². The van der Waals surface area contributed by atoms with E-state index >= 15 is 0 Å². The molecule has 0 unspecified atom stereocenters. The minimum Gasteiger partial charge on any atom is -0.376 e. The van der Waals surface area contributed by atoms with Crippen LogP contribution in [-0.4, -0.2) is 18.4 Å². The molecule has 0 aliphatic carbocycles. The van der Waals surface area contributed by atoms with Crippen molar-refractivity contribution in [2.24, 2.45) is 0 Å². The maximum atomic E-state index is 12.3. The van der Waals surface area contributed by atoms with Crippen molar-refractivity contribution in [2.45, 2.75) is 13.1 Å². The Bertz CT molecular complexity index is 911. The van der Waals surface area contributed by atoms with E-state index in [0.717, 1.165) is 16.8 Å². The van der Waals surface area contributed by atoms with Gasteiger partial charge in [-0.2, -0.15) is 0 Å². The molecular weight excluding hydrogens is 350 g/mol. The molecule has 0 fully saturated rings. The summed E-state index contributed by atoms with van der Waals surface area (Å²) < 4.78 is 0. The molecule has 3 aromatic rings. The van der Waals surface area contributed by atoms with Crippen LogP contribution < -0.4 is 16.0 Å². The quantitative estimate of drug-likeness (QED) is 0.567. The monoisotopic (exact) mass is 373 g/mol. The van der Waals surface area contributed by atoms with Crippen molar-refractivity contribution < 1.29 is 9.59 Å². The summed E-state index contributed by atoms with van der Waals surface area (Å²) in [6.45, 7) is 1.10. The lowest BCUT2D eigenvalue weighted by Gasteiger charge is -2.10. The molecule has 0 radical (unpaired) electrons. The van der Waals surface area contributed by atoms with E-state index < -0.39 is 0 Å². The molecule has 0 saturated heterocycles. The Morgan fingerprint density at radius 1 is 0.679 bits per heavy atom. The molecule has 142 valence electrons. The van der Waals surface area contributed by atoms with Crippen molar-refractivity contribution in [2.75, 3.05) is 11.9 Å². The number of carbonyl (C=O) groups is 2. The summed E-state index contributed by atoms with van der Waals surface area (Å²) in [5, 5.41) is 8.82. The fourth-order valence-corrected chi connectivity index (χ4v) is 2.69. The van der Waals surface area contributed by atoms with Gasteiger partial charge in [-0.25, -0.2) is 0 Å². The molecule has 0 heterocycles.